The molecule has 10 nitrogen and oxygen atoms in total. The Morgan fingerprint density at radius 1 is 1.06 bits per heavy atom. The van der Waals surface area contributed by atoms with Crippen LogP contribution in [0.1, 0.15) is 85.6 Å². The molecule has 3 aromatic heterocycles. The minimum Gasteiger partial charge on any atom is -0.377 e. The predicted octanol–water partition coefficient (Wildman–Crippen LogP) is 5.93. The van der Waals surface area contributed by atoms with Crippen molar-refractivity contribution in [3.05, 3.63) is 116 Å². The molecule has 8 rings (SSSR count). The molecule has 5 heterocycles. The van der Waals surface area contributed by atoms with Crippen molar-refractivity contribution in [2.45, 2.75) is 50.3 Å². The molecule has 0 radical (unpaired) electrons. The third-order valence-electron chi connectivity index (χ3n) is 9.42. The van der Waals surface area contributed by atoms with Crippen LogP contribution in [0.4, 0.5) is 4.39 Å². The number of rotatable bonds is 8. The first kappa shape index (κ1) is 29.5. The fourth-order valence-corrected chi connectivity index (χ4v) is 8.22. The molecule has 2 amide bonds. The van der Waals surface area contributed by atoms with Crippen LogP contribution in [0.25, 0.3) is 21.8 Å². The van der Waals surface area contributed by atoms with E-state index in [4.69, 9.17) is 14.2 Å². The van der Waals surface area contributed by atoms with Gasteiger partial charge in [0.2, 0.25) is 0 Å². The summed E-state index contributed by atoms with van der Waals surface area (Å²) in [6.45, 7) is 0.629. The standard InChI is InChI=1S/C35H30FN5O5S/c1-45-25-17-23(20-5-2-3-6-21(20)25)38-33(42)27-15-14-26(47-27)29-28(32-39-35(44)46-40-32)22(13-10-18-8-11-19(36)12-9-18)37-31-24-7-4-16-41(24)34(43)30(29)31/h2-3,5-6,8-9,11-12,14-15,23-25H,4,7,10,13,16-17H2,1H3,(H,38,42)(H,39,40,44)/t23-,24-,25-/m0/s1. The summed E-state index contributed by atoms with van der Waals surface area (Å²) < 4.78 is 24.2. The van der Waals surface area contributed by atoms with Gasteiger partial charge in [-0.05, 0) is 66.6 Å². The number of fused-ring (bicyclic) bond motifs is 4. The molecule has 3 aliphatic rings. The highest BCUT2D eigenvalue weighted by molar-refractivity contribution is 7.17. The van der Waals surface area contributed by atoms with E-state index in [0.29, 0.717) is 63.6 Å². The largest absolute Gasteiger partial charge is 0.439 e. The van der Waals surface area contributed by atoms with Crippen LogP contribution in [0.2, 0.25) is 0 Å². The summed E-state index contributed by atoms with van der Waals surface area (Å²) in [6, 6.07) is 17.5. The van der Waals surface area contributed by atoms with Gasteiger partial charge in [0.05, 0.1) is 45.6 Å². The van der Waals surface area contributed by atoms with E-state index in [1.807, 2.05) is 35.2 Å². The van der Waals surface area contributed by atoms with E-state index in [2.05, 4.69) is 15.5 Å². The number of carbonyl (C=O) groups is 2. The third-order valence-corrected chi connectivity index (χ3v) is 10.5. The van der Waals surface area contributed by atoms with E-state index in [1.54, 1.807) is 25.3 Å². The summed E-state index contributed by atoms with van der Waals surface area (Å²) in [5.74, 6) is -1.26. The SMILES string of the molecule is CO[C@H]1C[C@H](NC(=O)c2ccc(-c3c4c(nc(CCc5ccc(F)cc5)c3-c3noc(=O)[nH]3)[C@@H]3CCCN3C4=O)s2)c2ccccc21. The number of aromatic nitrogens is 3. The Kier molecular flexibility index (Phi) is 7.33. The van der Waals surface area contributed by atoms with Crippen LogP contribution >= 0.6 is 11.3 Å². The number of nitrogens with one attached hydrogen (secondary N) is 2. The Bertz CT molecular complexity index is 2090. The van der Waals surface area contributed by atoms with E-state index in [0.717, 1.165) is 29.5 Å². The van der Waals surface area contributed by atoms with Crippen LogP contribution in [0, 0.1) is 5.82 Å². The van der Waals surface area contributed by atoms with Gasteiger partial charge < -0.3 is 15.0 Å². The lowest BCUT2D eigenvalue weighted by molar-refractivity contribution is 0.0775. The van der Waals surface area contributed by atoms with Crippen LogP contribution in [-0.4, -0.2) is 45.5 Å². The van der Waals surface area contributed by atoms with Gasteiger partial charge in [-0.3, -0.25) is 24.1 Å². The van der Waals surface area contributed by atoms with Gasteiger partial charge in [0.15, 0.2) is 5.82 Å². The second-order valence-corrected chi connectivity index (χ2v) is 13.2. The summed E-state index contributed by atoms with van der Waals surface area (Å²) in [5, 5.41) is 7.20. The number of aromatic amines is 1. The van der Waals surface area contributed by atoms with E-state index in [9.17, 15) is 18.8 Å². The summed E-state index contributed by atoms with van der Waals surface area (Å²) >= 11 is 1.27. The summed E-state index contributed by atoms with van der Waals surface area (Å²) in [4.78, 5) is 50.6. The molecule has 0 saturated carbocycles. The van der Waals surface area contributed by atoms with Crippen LogP contribution in [0.5, 0.6) is 0 Å². The third kappa shape index (κ3) is 5.08. The highest BCUT2D eigenvalue weighted by atomic mass is 32.1. The van der Waals surface area contributed by atoms with Crippen molar-refractivity contribution in [3.63, 3.8) is 0 Å². The fraction of sp³-hybridized carbons (Fsp3) is 0.286. The molecule has 1 aliphatic carbocycles. The van der Waals surface area contributed by atoms with Crippen molar-refractivity contribution in [2.75, 3.05) is 13.7 Å². The number of nitrogens with zero attached hydrogens (tertiary/aromatic N) is 3. The molecule has 1 fully saturated rings. The number of hydrogen-bond donors (Lipinski definition) is 2. The Labute approximate surface area is 272 Å². The lowest BCUT2D eigenvalue weighted by Crippen LogP contribution is -2.26. The number of aryl methyl sites for hydroxylation is 2. The molecular formula is C35H30FN5O5S. The second kappa shape index (κ2) is 11.7. The molecule has 12 heteroatoms. The number of ether oxygens (including phenoxy) is 1. The number of benzene rings is 2. The molecule has 2 aromatic carbocycles. The Balaban J connectivity index is 1.22. The van der Waals surface area contributed by atoms with Crippen molar-refractivity contribution in [2.24, 2.45) is 0 Å². The predicted molar refractivity (Wildman–Crippen MR) is 172 cm³/mol. The van der Waals surface area contributed by atoms with Gasteiger partial charge in [0.1, 0.15) is 5.82 Å². The van der Waals surface area contributed by atoms with Crippen molar-refractivity contribution < 1.29 is 23.2 Å². The number of hydrogen-bond acceptors (Lipinski definition) is 8. The zero-order chi connectivity index (χ0) is 32.2. The average molecular weight is 652 g/mol. The lowest BCUT2D eigenvalue weighted by Gasteiger charge is -2.16. The van der Waals surface area contributed by atoms with Gasteiger partial charge in [0, 0.05) is 30.5 Å². The van der Waals surface area contributed by atoms with Crippen LogP contribution < -0.4 is 11.1 Å². The number of amides is 2. The minimum absolute atomic E-state index is 0.101. The Morgan fingerprint density at radius 2 is 1.87 bits per heavy atom. The minimum atomic E-state index is -0.736. The topological polar surface area (TPSA) is 130 Å². The van der Waals surface area contributed by atoms with E-state index in [-0.39, 0.29) is 41.6 Å². The molecule has 3 atom stereocenters. The Morgan fingerprint density at radius 3 is 2.64 bits per heavy atom. The number of methoxy groups -OCH3 is 1. The highest BCUT2D eigenvalue weighted by Crippen LogP contribution is 2.49. The van der Waals surface area contributed by atoms with Crippen molar-refractivity contribution in [3.8, 4) is 21.8 Å². The molecule has 0 unspecified atom stereocenters. The highest BCUT2D eigenvalue weighted by Gasteiger charge is 2.44. The molecular weight excluding hydrogens is 621 g/mol. The molecule has 47 heavy (non-hydrogen) atoms. The maximum absolute atomic E-state index is 14.0. The summed E-state index contributed by atoms with van der Waals surface area (Å²) in [7, 11) is 1.67. The maximum Gasteiger partial charge on any atom is 0.439 e. The van der Waals surface area contributed by atoms with Crippen LogP contribution in [-0.2, 0) is 17.6 Å². The maximum atomic E-state index is 14.0. The molecule has 2 aliphatic heterocycles. The fourth-order valence-electron chi connectivity index (χ4n) is 7.26. The average Bonchev–Trinajstić information content (AvgIpc) is 3.92. The zero-order valence-corrected chi connectivity index (χ0v) is 26.2. The number of halogens is 1. The van der Waals surface area contributed by atoms with Gasteiger partial charge in [-0.15, -0.1) is 11.3 Å². The molecule has 5 aromatic rings. The number of carbonyl (C=O) groups excluding carboxylic acids is 2. The molecule has 238 valence electrons. The van der Waals surface area contributed by atoms with Gasteiger partial charge in [-0.2, -0.15) is 0 Å². The first-order chi connectivity index (χ1) is 22.9. The van der Waals surface area contributed by atoms with E-state index >= 15 is 0 Å². The van der Waals surface area contributed by atoms with Crippen molar-refractivity contribution in [1.29, 1.82) is 0 Å². The summed E-state index contributed by atoms with van der Waals surface area (Å²) in [6.07, 6.45) is 3.17. The van der Waals surface area contributed by atoms with E-state index < -0.39 is 5.76 Å². The normalized spacial score (nSPS) is 19.6. The lowest BCUT2D eigenvalue weighted by atomic mass is 9.93. The second-order valence-electron chi connectivity index (χ2n) is 12.1. The van der Waals surface area contributed by atoms with Gasteiger partial charge in [-0.25, -0.2) is 9.18 Å². The van der Waals surface area contributed by atoms with Gasteiger partial charge in [0.25, 0.3) is 11.8 Å². The van der Waals surface area contributed by atoms with Crippen molar-refractivity contribution in [1.82, 2.24) is 25.3 Å². The Hall–Kier alpha value is -4.94. The van der Waals surface area contributed by atoms with Gasteiger partial charge >= 0.3 is 5.76 Å². The molecule has 0 spiro atoms. The zero-order valence-electron chi connectivity index (χ0n) is 25.4. The smallest absolute Gasteiger partial charge is 0.377 e. The van der Waals surface area contributed by atoms with E-state index in [1.165, 1.54) is 23.5 Å². The molecule has 0 bridgehead atoms. The monoisotopic (exact) mass is 651 g/mol. The van der Waals surface area contributed by atoms with Gasteiger partial charge in [-0.1, -0.05) is 41.6 Å². The molecule has 2 N–H and O–H groups in total. The first-order valence-electron chi connectivity index (χ1n) is 15.6. The number of thiophene rings is 1. The summed E-state index contributed by atoms with van der Waals surface area (Å²) in [5.41, 5.74) is 5.84. The first-order valence-corrected chi connectivity index (χ1v) is 16.4. The molecule has 1 saturated heterocycles. The number of pyridine rings is 1. The van der Waals surface area contributed by atoms with Crippen molar-refractivity contribution >= 4 is 23.2 Å². The number of H-pyrrole nitrogens is 1. The van der Waals surface area contributed by atoms with Crippen LogP contribution in [0.3, 0.4) is 0 Å². The van der Waals surface area contributed by atoms with Crippen LogP contribution in [0.15, 0.2) is 70.0 Å². The quantitative estimate of drug-likeness (QED) is 0.213.